The summed E-state index contributed by atoms with van der Waals surface area (Å²) >= 11 is 9.20. The molecule has 0 atom stereocenters. The molecule has 20 heavy (non-hydrogen) atoms. The van der Waals surface area contributed by atoms with Crippen LogP contribution in [0.15, 0.2) is 32.4 Å². The smallest absolute Gasteiger partial charge is 0.328 e. The van der Waals surface area contributed by atoms with Gasteiger partial charge >= 0.3 is 5.69 Å². The van der Waals surface area contributed by atoms with Crippen molar-refractivity contribution in [2.75, 3.05) is 6.61 Å². The second-order valence-electron chi connectivity index (χ2n) is 4.52. The van der Waals surface area contributed by atoms with E-state index in [1.807, 2.05) is 12.1 Å². The van der Waals surface area contributed by atoms with Gasteiger partial charge in [-0.1, -0.05) is 27.5 Å². The van der Waals surface area contributed by atoms with Crippen molar-refractivity contribution in [3.8, 4) is 5.75 Å². The SMILES string of the molecule is O=c1[nH]c(=O)n(Cc2cc(Br)cc3c2OCC3)cc1Cl. The number of H-pyrrole nitrogens is 1. The Kier molecular flexibility index (Phi) is 3.43. The van der Waals surface area contributed by atoms with Gasteiger partial charge in [0, 0.05) is 22.7 Å². The van der Waals surface area contributed by atoms with Crippen LogP contribution >= 0.6 is 27.5 Å². The lowest BCUT2D eigenvalue weighted by Crippen LogP contribution is -2.30. The minimum atomic E-state index is -0.580. The number of hydrogen-bond donors (Lipinski definition) is 1. The number of aromatic nitrogens is 2. The third kappa shape index (κ3) is 2.41. The standard InChI is InChI=1S/C13H10BrClN2O3/c14-9-3-7-1-2-20-11(7)8(4-9)5-17-6-10(15)12(18)16-13(17)19/h3-4,6H,1-2,5H2,(H,16,18,19). The Balaban J connectivity index is 2.07. The molecule has 0 saturated heterocycles. The molecule has 1 aliphatic heterocycles. The van der Waals surface area contributed by atoms with Gasteiger partial charge in [-0.15, -0.1) is 0 Å². The van der Waals surface area contributed by atoms with Gasteiger partial charge in [-0.3, -0.25) is 14.3 Å². The van der Waals surface area contributed by atoms with Gasteiger partial charge in [0.2, 0.25) is 0 Å². The molecule has 104 valence electrons. The van der Waals surface area contributed by atoms with Crippen LogP contribution in [-0.4, -0.2) is 16.2 Å². The Labute approximate surface area is 127 Å². The molecule has 0 radical (unpaired) electrons. The predicted molar refractivity (Wildman–Crippen MR) is 78.8 cm³/mol. The van der Waals surface area contributed by atoms with Crippen molar-refractivity contribution in [2.45, 2.75) is 13.0 Å². The van der Waals surface area contributed by atoms with Crippen molar-refractivity contribution >= 4 is 27.5 Å². The molecule has 0 saturated carbocycles. The number of rotatable bonds is 2. The summed E-state index contributed by atoms with van der Waals surface area (Å²) < 4.78 is 7.89. The van der Waals surface area contributed by atoms with E-state index in [1.165, 1.54) is 10.8 Å². The van der Waals surface area contributed by atoms with Crippen molar-refractivity contribution in [3.63, 3.8) is 0 Å². The van der Waals surface area contributed by atoms with E-state index in [9.17, 15) is 9.59 Å². The van der Waals surface area contributed by atoms with E-state index in [-0.39, 0.29) is 11.6 Å². The van der Waals surface area contributed by atoms with Crippen molar-refractivity contribution < 1.29 is 4.74 Å². The number of halogens is 2. The van der Waals surface area contributed by atoms with Crippen LogP contribution < -0.4 is 16.0 Å². The van der Waals surface area contributed by atoms with Crippen molar-refractivity contribution in [2.24, 2.45) is 0 Å². The van der Waals surface area contributed by atoms with Crippen LogP contribution in [0.2, 0.25) is 5.02 Å². The average Bonchev–Trinajstić information content (AvgIpc) is 2.84. The first kappa shape index (κ1) is 13.5. The molecule has 3 rings (SSSR count). The van der Waals surface area contributed by atoms with E-state index in [2.05, 4.69) is 20.9 Å². The first-order valence-corrected chi connectivity index (χ1v) is 7.15. The van der Waals surface area contributed by atoms with Crippen LogP contribution in [0.5, 0.6) is 5.75 Å². The van der Waals surface area contributed by atoms with E-state index in [0.717, 1.165) is 27.8 Å². The Bertz CT molecular complexity index is 797. The Morgan fingerprint density at radius 2 is 2.20 bits per heavy atom. The summed E-state index contributed by atoms with van der Waals surface area (Å²) in [6.07, 6.45) is 2.19. The molecular weight excluding hydrogens is 348 g/mol. The monoisotopic (exact) mass is 356 g/mol. The van der Waals surface area contributed by atoms with Crippen LogP contribution in [0.25, 0.3) is 0 Å². The molecule has 0 amide bonds. The summed E-state index contributed by atoms with van der Waals surface area (Å²) in [7, 11) is 0. The van der Waals surface area contributed by atoms with Crippen molar-refractivity contribution in [3.05, 3.63) is 59.8 Å². The maximum absolute atomic E-state index is 11.8. The highest BCUT2D eigenvalue weighted by Gasteiger charge is 2.18. The summed E-state index contributed by atoms with van der Waals surface area (Å²) in [4.78, 5) is 25.2. The van der Waals surface area contributed by atoms with Crippen LogP contribution in [-0.2, 0) is 13.0 Å². The molecule has 0 unspecified atom stereocenters. The highest BCUT2D eigenvalue weighted by atomic mass is 79.9. The molecule has 1 aliphatic rings. The number of nitrogens with zero attached hydrogens (tertiary/aromatic N) is 1. The maximum Gasteiger partial charge on any atom is 0.328 e. The summed E-state index contributed by atoms with van der Waals surface area (Å²) in [5.41, 5.74) is 0.907. The molecule has 5 nitrogen and oxygen atoms in total. The molecule has 7 heteroatoms. The molecule has 2 aromatic rings. The van der Waals surface area contributed by atoms with Crippen LogP contribution in [0.4, 0.5) is 0 Å². The van der Waals surface area contributed by atoms with Gasteiger partial charge in [0.15, 0.2) is 0 Å². The molecule has 2 heterocycles. The van der Waals surface area contributed by atoms with Gasteiger partial charge in [-0.2, -0.15) is 0 Å². The third-order valence-electron chi connectivity index (χ3n) is 3.13. The van der Waals surface area contributed by atoms with E-state index in [4.69, 9.17) is 16.3 Å². The summed E-state index contributed by atoms with van der Waals surface area (Å²) in [5, 5.41) is -0.0165. The van der Waals surface area contributed by atoms with E-state index in [1.54, 1.807) is 0 Å². The zero-order valence-electron chi connectivity index (χ0n) is 10.3. The zero-order chi connectivity index (χ0) is 14.3. The lowest BCUT2D eigenvalue weighted by molar-refractivity contribution is 0.352. The molecule has 1 N–H and O–H groups in total. The molecular formula is C13H10BrClN2O3. The predicted octanol–water partition coefficient (Wildman–Crippen LogP) is 1.94. The summed E-state index contributed by atoms with van der Waals surface area (Å²) in [6, 6.07) is 3.91. The topological polar surface area (TPSA) is 64.1 Å². The average molecular weight is 358 g/mol. The highest BCUT2D eigenvalue weighted by molar-refractivity contribution is 9.10. The summed E-state index contributed by atoms with van der Waals surface area (Å²) in [5.74, 6) is 0.808. The summed E-state index contributed by atoms with van der Waals surface area (Å²) in [6.45, 7) is 0.928. The molecule has 1 aromatic carbocycles. The van der Waals surface area contributed by atoms with Crippen molar-refractivity contribution in [1.29, 1.82) is 0 Å². The Hall–Kier alpha value is -1.53. The molecule has 0 aliphatic carbocycles. The fourth-order valence-corrected chi connectivity index (χ4v) is 2.96. The van der Waals surface area contributed by atoms with E-state index >= 15 is 0 Å². The highest BCUT2D eigenvalue weighted by Crippen LogP contribution is 2.33. The lowest BCUT2D eigenvalue weighted by atomic mass is 10.1. The Morgan fingerprint density at radius 3 is 3.00 bits per heavy atom. The number of fused-ring (bicyclic) bond motifs is 1. The minimum Gasteiger partial charge on any atom is -0.493 e. The van der Waals surface area contributed by atoms with E-state index in [0.29, 0.717) is 6.61 Å². The van der Waals surface area contributed by atoms with Crippen LogP contribution in [0.3, 0.4) is 0 Å². The number of hydrogen-bond acceptors (Lipinski definition) is 3. The number of benzene rings is 1. The fourth-order valence-electron chi connectivity index (χ4n) is 2.25. The number of aromatic amines is 1. The first-order chi connectivity index (χ1) is 9.54. The van der Waals surface area contributed by atoms with Gasteiger partial charge in [0.05, 0.1) is 13.2 Å². The fraction of sp³-hybridized carbons (Fsp3) is 0.231. The minimum absolute atomic E-state index is 0.0165. The quantitative estimate of drug-likeness (QED) is 0.893. The van der Waals surface area contributed by atoms with Crippen LogP contribution in [0, 0.1) is 0 Å². The van der Waals surface area contributed by atoms with Crippen molar-refractivity contribution in [1.82, 2.24) is 9.55 Å². The Morgan fingerprint density at radius 1 is 1.40 bits per heavy atom. The van der Waals surface area contributed by atoms with Gasteiger partial charge in [0.25, 0.3) is 5.56 Å². The first-order valence-electron chi connectivity index (χ1n) is 5.98. The third-order valence-corrected chi connectivity index (χ3v) is 3.86. The molecule has 0 bridgehead atoms. The molecule has 0 fully saturated rings. The second-order valence-corrected chi connectivity index (χ2v) is 5.84. The lowest BCUT2D eigenvalue weighted by Gasteiger charge is -2.10. The van der Waals surface area contributed by atoms with Gasteiger partial charge in [-0.05, 0) is 17.7 Å². The van der Waals surface area contributed by atoms with Gasteiger partial charge < -0.3 is 4.74 Å². The largest absolute Gasteiger partial charge is 0.493 e. The zero-order valence-corrected chi connectivity index (χ0v) is 12.6. The van der Waals surface area contributed by atoms with E-state index < -0.39 is 11.2 Å². The normalized spacial score (nSPS) is 13.1. The van der Waals surface area contributed by atoms with Crippen LogP contribution in [0.1, 0.15) is 11.1 Å². The van der Waals surface area contributed by atoms with Gasteiger partial charge in [-0.25, -0.2) is 4.79 Å². The number of nitrogens with one attached hydrogen (secondary N) is 1. The second kappa shape index (κ2) is 5.10. The number of ether oxygens (including phenoxy) is 1. The molecule has 0 spiro atoms. The molecule has 1 aromatic heterocycles. The van der Waals surface area contributed by atoms with Gasteiger partial charge in [0.1, 0.15) is 10.8 Å². The maximum atomic E-state index is 11.8.